The van der Waals surface area contributed by atoms with Crippen LogP contribution in [0.4, 0.5) is 4.39 Å². The largest absolute Gasteiger partial charge is 0.492 e. The van der Waals surface area contributed by atoms with Crippen LogP contribution in [0.1, 0.15) is 0 Å². The molecule has 3 aromatic rings. The van der Waals surface area contributed by atoms with Gasteiger partial charge in [0.15, 0.2) is 5.82 Å². The molecule has 1 N–H and O–H groups in total. The number of halogens is 1. The number of hydrogen-bond acceptors (Lipinski definition) is 6. The Morgan fingerprint density at radius 3 is 2.64 bits per heavy atom. The molecule has 0 bridgehead atoms. The number of sulfonamides is 1. The van der Waals surface area contributed by atoms with Gasteiger partial charge < -0.3 is 4.74 Å². The first-order valence-corrected chi connectivity index (χ1v) is 10.0. The lowest BCUT2D eigenvalue weighted by Crippen LogP contribution is -2.34. The van der Waals surface area contributed by atoms with Crippen LogP contribution in [-0.2, 0) is 16.6 Å². The van der Waals surface area contributed by atoms with Crippen molar-refractivity contribution in [3.63, 3.8) is 0 Å². The van der Waals surface area contributed by atoms with Crippen molar-refractivity contribution in [1.29, 1.82) is 0 Å². The van der Waals surface area contributed by atoms with E-state index in [4.69, 9.17) is 4.74 Å². The van der Waals surface area contributed by atoms with Crippen LogP contribution in [0.2, 0.25) is 0 Å². The maximum Gasteiger partial charge on any atom is 0.266 e. The third kappa shape index (κ3) is 5.47. The smallest absolute Gasteiger partial charge is 0.266 e. The zero-order valence-electron chi connectivity index (χ0n) is 14.7. The SMILES string of the molecule is O=c1ccc(-n2cccn2)nn1CCNS(=O)(=O)CCOc1ccc(F)cc1. The minimum atomic E-state index is -3.61. The Labute approximate surface area is 160 Å². The van der Waals surface area contributed by atoms with Crippen LogP contribution in [-0.4, -0.2) is 46.9 Å². The molecule has 28 heavy (non-hydrogen) atoms. The predicted octanol–water partition coefficient (Wildman–Crippen LogP) is 0.566. The van der Waals surface area contributed by atoms with Gasteiger partial charge >= 0.3 is 0 Å². The van der Waals surface area contributed by atoms with E-state index in [1.54, 1.807) is 18.5 Å². The molecular formula is C17H18FN5O4S. The standard InChI is InChI=1S/C17H18FN5O4S/c18-14-2-4-15(5-3-14)27-12-13-28(25,26)20-9-11-23-17(24)7-6-16(21-23)22-10-1-8-19-22/h1-8,10,20H,9,11-13H2. The Kier molecular flexibility index (Phi) is 6.16. The maximum atomic E-state index is 12.8. The second kappa shape index (κ2) is 8.76. The molecule has 0 aliphatic heterocycles. The molecule has 0 radical (unpaired) electrons. The van der Waals surface area contributed by atoms with Gasteiger partial charge in [0.05, 0.1) is 12.3 Å². The molecule has 0 aliphatic rings. The van der Waals surface area contributed by atoms with E-state index in [0.29, 0.717) is 11.6 Å². The minimum Gasteiger partial charge on any atom is -0.492 e. The topological polar surface area (TPSA) is 108 Å². The summed E-state index contributed by atoms with van der Waals surface area (Å²) in [5.74, 6) is 0.144. The lowest BCUT2D eigenvalue weighted by atomic mass is 10.3. The van der Waals surface area contributed by atoms with Crippen LogP contribution >= 0.6 is 0 Å². The van der Waals surface area contributed by atoms with Crippen molar-refractivity contribution in [2.45, 2.75) is 6.54 Å². The van der Waals surface area contributed by atoms with Gasteiger partial charge in [-0.3, -0.25) is 4.79 Å². The molecule has 1 aromatic carbocycles. The normalized spacial score (nSPS) is 11.5. The maximum absolute atomic E-state index is 12.8. The molecule has 9 nitrogen and oxygen atoms in total. The van der Waals surface area contributed by atoms with E-state index in [0.717, 1.165) is 4.68 Å². The summed E-state index contributed by atoms with van der Waals surface area (Å²) in [6.45, 7) is -0.0334. The summed E-state index contributed by atoms with van der Waals surface area (Å²) in [7, 11) is -3.61. The average molecular weight is 407 g/mol. The molecule has 2 heterocycles. The molecule has 2 aromatic heterocycles. The molecule has 0 saturated carbocycles. The summed E-state index contributed by atoms with van der Waals surface area (Å²) in [5.41, 5.74) is -0.352. The molecular weight excluding hydrogens is 389 g/mol. The van der Waals surface area contributed by atoms with Gasteiger partial charge in [0.1, 0.15) is 18.2 Å². The van der Waals surface area contributed by atoms with Crippen molar-refractivity contribution >= 4 is 10.0 Å². The highest BCUT2D eigenvalue weighted by molar-refractivity contribution is 7.89. The Morgan fingerprint density at radius 1 is 1.14 bits per heavy atom. The van der Waals surface area contributed by atoms with E-state index in [1.807, 2.05) is 0 Å². The summed E-state index contributed by atoms with van der Waals surface area (Å²) in [6.07, 6.45) is 3.26. The van der Waals surface area contributed by atoms with Gasteiger partial charge in [0, 0.05) is 25.0 Å². The van der Waals surface area contributed by atoms with E-state index in [2.05, 4.69) is 14.9 Å². The second-order valence-corrected chi connectivity index (χ2v) is 7.65. The van der Waals surface area contributed by atoms with E-state index >= 15 is 0 Å². The van der Waals surface area contributed by atoms with Gasteiger partial charge in [-0.1, -0.05) is 0 Å². The van der Waals surface area contributed by atoms with E-state index in [-0.39, 0.29) is 31.0 Å². The van der Waals surface area contributed by atoms with Gasteiger partial charge in [-0.2, -0.15) is 5.10 Å². The minimum absolute atomic E-state index is 0.00561. The predicted molar refractivity (Wildman–Crippen MR) is 99.3 cm³/mol. The zero-order valence-corrected chi connectivity index (χ0v) is 15.5. The fraction of sp³-hybridized carbons (Fsp3) is 0.235. The van der Waals surface area contributed by atoms with Crippen molar-refractivity contribution in [2.75, 3.05) is 18.9 Å². The van der Waals surface area contributed by atoms with Gasteiger partial charge in [-0.05, 0) is 36.4 Å². The van der Waals surface area contributed by atoms with Crippen LogP contribution in [0.25, 0.3) is 5.82 Å². The lowest BCUT2D eigenvalue weighted by molar-refractivity contribution is 0.339. The van der Waals surface area contributed by atoms with Crippen molar-refractivity contribution in [2.24, 2.45) is 0 Å². The monoisotopic (exact) mass is 407 g/mol. The molecule has 0 spiro atoms. The van der Waals surface area contributed by atoms with Crippen LogP contribution in [0, 0.1) is 5.82 Å². The number of ether oxygens (including phenoxy) is 1. The number of benzene rings is 1. The van der Waals surface area contributed by atoms with Gasteiger partial charge in [0.2, 0.25) is 10.0 Å². The average Bonchev–Trinajstić information content (AvgIpc) is 3.19. The molecule has 0 fully saturated rings. The molecule has 0 atom stereocenters. The summed E-state index contributed by atoms with van der Waals surface area (Å²) < 4.78 is 47.2. The van der Waals surface area contributed by atoms with Crippen LogP contribution in [0.3, 0.4) is 0 Å². The molecule has 0 saturated heterocycles. The highest BCUT2D eigenvalue weighted by Crippen LogP contribution is 2.10. The molecule has 0 amide bonds. The quantitative estimate of drug-likeness (QED) is 0.556. The van der Waals surface area contributed by atoms with Gasteiger partial charge in [0.25, 0.3) is 5.56 Å². The summed E-state index contributed by atoms with van der Waals surface area (Å²) in [5, 5.41) is 8.19. The zero-order chi connectivity index (χ0) is 20.0. The summed E-state index contributed by atoms with van der Waals surface area (Å²) in [6, 6.07) is 9.88. The Morgan fingerprint density at radius 2 is 1.93 bits per heavy atom. The van der Waals surface area contributed by atoms with E-state index in [1.165, 1.54) is 41.1 Å². The summed E-state index contributed by atoms with van der Waals surface area (Å²) in [4.78, 5) is 11.9. The first-order valence-electron chi connectivity index (χ1n) is 8.37. The first-order chi connectivity index (χ1) is 13.4. The number of hydrogen-bond donors (Lipinski definition) is 1. The highest BCUT2D eigenvalue weighted by Gasteiger charge is 2.11. The Balaban J connectivity index is 1.50. The van der Waals surface area contributed by atoms with Crippen molar-refractivity contribution in [1.82, 2.24) is 24.3 Å². The van der Waals surface area contributed by atoms with Crippen LogP contribution in [0.15, 0.2) is 59.7 Å². The van der Waals surface area contributed by atoms with Crippen molar-refractivity contribution in [3.8, 4) is 11.6 Å². The lowest BCUT2D eigenvalue weighted by Gasteiger charge is -2.10. The fourth-order valence-corrected chi connectivity index (χ4v) is 3.15. The number of nitrogens with one attached hydrogen (secondary N) is 1. The van der Waals surface area contributed by atoms with Crippen molar-refractivity contribution in [3.05, 3.63) is 71.0 Å². The second-order valence-electron chi connectivity index (χ2n) is 5.72. The number of aromatic nitrogens is 4. The molecule has 11 heteroatoms. The third-order valence-corrected chi connectivity index (χ3v) is 5.02. The Hall–Kier alpha value is -3.05. The van der Waals surface area contributed by atoms with Crippen LogP contribution < -0.4 is 15.0 Å². The molecule has 0 aliphatic carbocycles. The van der Waals surface area contributed by atoms with Gasteiger partial charge in [-0.25, -0.2) is 26.9 Å². The Bertz CT molecular complexity index is 1070. The molecule has 0 unspecified atom stereocenters. The first kappa shape index (κ1) is 19.7. The highest BCUT2D eigenvalue weighted by atomic mass is 32.2. The van der Waals surface area contributed by atoms with Crippen molar-refractivity contribution < 1.29 is 17.5 Å². The number of rotatable bonds is 9. The van der Waals surface area contributed by atoms with Crippen LogP contribution in [0.5, 0.6) is 5.75 Å². The summed E-state index contributed by atoms with van der Waals surface area (Å²) >= 11 is 0. The fourth-order valence-electron chi connectivity index (χ4n) is 2.30. The number of nitrogens with zero attached hydrogens (tertiary/aromatic N) is 4. The van der Waals surface area contributed by atoms with Gasteiger partial charge in [-0.15, -0.1) is 5.10 Å². The van der Waals surface area contributed by atoms with E-state index < -0.39 is 15.8 Å². The third-order valence-electron chi connectivity index (χ3n) is 3.67. The van der Waals surface area contributed by atoms with E-state index in [9.17, 15) is 17.6 Å². The molecule has 3 rings (SSSR count). The molecule has 148 valence electrons.